The van der Waals surface area contributed by atoms with Crippen LogP contribution in [-0.4, -0.2) is 207 Å². The van der Waals surface area contributed by atoms with Crippen molar-refractivity contribution < 1.29 is 41.7 Å². The largest absolute Gasteiger partial charge is 0.334 e. The quantitative estimate of drug-likeness (QED) is 0.135. The highest BCUT2D eigenvalue weighted by atomic mass is 16.5. The van der Waals surface area contributed by atoms with E-state index < -0.39 is 88.6 Å². The van der Waals surface area contributed by atoms with Crippen LogP contribution in [0.15, 0.2) is 24.3 Å². The number of piperidine rings is 8. The molecule has 2 N–H and O–H groups in total. The fraction of sp³-hybridized carbons (Fsp3) is 0.857. The van der Waals surface area contributed by atoms with Crippen molar-refractivity contribution in [2.24, 2.45) is 0 Å². The second kappa shape index (κ2) is 28.6. The third-order valence-electron chi connectivity index (χ3n) is 27.3. The van der Waals surface area contributed by atoms with E-state index in [1.165, 1.54) is 40.5 Å². The Morgan fingerprint density at radius 2 is 0.321 bits per heavy atom. The first kappa shape index (κ1) is 88.2. The molecule has 8 saturated heterocycles. The van der Waals surface area contributed by atoms with Gasteiger partial charge >= 0.3 is 0 Å². The lowest BCUT2D eigenvalue weighted by Crippen LogP contribution is -2.68. The first-order valence-corrected chi connectivity index (χ1v) is 41.7. The molecule has 3 aromatic rings. The Hall–Kier alpha value is -4.60. The molecule has 8 aliphatic rings. The normalized spacial score (nSPS) is 28.7. The minimum atomic E-state index is -0.811. The number of rotatable bonds is 16. The molecule has 2 aromatic heterocycles. The second-order valence-electron chi connectivity index (χ2n) is 45.8. The van der Waals surface area contributed by atoms with Crippen molar-refractivity contribution in [2.45, 2.75) is 461 Å². The molecular formula is C84H142N20O8. The summed E-state index contributed by atoms with van der Waals surface area (Å²) < 4.78 is 0. The molecule has 8 radical (unpaired) electrons. The summed E-state index contributed by atoms with van der Waals surface area (Å²) in [5.41, 5.74) is -11.7. The van der Waals surface area contributed by atoms with Gasteiger partial charge in [0, 0.05) is 148 Å². The number of aromatic nitrogens is 6. The van der Waals surface area contributed by atoms with E-state index in [1.54, 1.807) is 0 Å². The van der Waals surface area contributed by atoms with Crippen molar-refractivity contribution in [3.63, 3.8) is 0 Å². The zero-order valence-electron chi connectivity index (χ0n) is 74.6. The summed E-state index contributed by atoms with van der Waals surface area (Å²) in [6.45, 7) is 64.0. The number of anilines is 8. The van der Waals surface area contributed by atoms with Crippen LogP contribution in [0.1, 0.15) is 324 Å². The summed E-state index contributed by atoms with van der Waals surface area (Å²) in [5.74, 6) is 2.04. The van der Waals surface area contributed by atoms with Gasteiger partial charge in [-0.15, -0.1) is 82.2 Å². The lowest BCUT2D eigenvalue weighted by Gasteiger charge is -2.58. The summed E-state index contributed by atoms with van der Waals surface area (Å²) >= 11 is 0. The molecule has 0 atom stereocenters. The van der Waals surface area contributed by atoms with Crippen LogP contribution in [0.5, 0.6) is 0 Å². The molecule has 10 heterocycles. The summed E-state index contributed by atoms with van der Waals surface area (Å²) in [5, 5.41) is 133. The number of hydroxylamine groups is 16. The third kappa shape index (κ3) is 16.8. The van der Waals surface area contributed by atoms with Gasteiger partial charge in [0.15, 0.2) is 0 Å². The van der Waals surface area contributed by atoms with Crippen LogP contribution in [0, 0.1) is 0 Å². The standard InChI is InChI=1S/C84H142N20O8/c1-69(2)37-55(38-70(3,4)97(69)105)93(56-39-71(5,6)98(106)72(7,8)40-56)65-87-63(88-66(91-65)94(57-41-73(9,10)99(107)74(11,12)42-57)58-43-75(13,14)100(108)76(15,16)44-58)85-53-33-35-54(36-34-53)86-64-89-67(95(59-45-77(17,18)101(109)78(19,20)46-59)60-47-79(21,22)102(110)80(23,24)48-60)92-68(90-64)96(61-49-81(25,26)103(111)82(27,28)50-61)62-51-83(29,30)104(112)84(31,32)52-62/h33-36,55-62H,37-52H2,1-32H3,(H,85,87,88,91)(H,86,89,90,92). The number of benzene rings is 1. The van der Waals surface area contributed by atoms with E-state index in [0.717, 1.165) is 0 Å². The maximum absolute atomic E-state index is 14.4. The van der Waals surface area contributed by atoms with E-state index in [2.05, 4.69) is 30.2 Å². The molecule has 28 nitrogen and oxygen atoms in total. The van der Waals surface area contributed by atoms with Crippen molar-refractivity contribution in [3.05, 3.63) is 24.3 Å². The predicted octanol–water partition coefficient (Wildman–Crippen LogP) is 15.7. The Kier molecular flexibility index (Phi) is 22.5. The van der Waals surface area contributed by atoms with Gasteiger partial charge < -0.3 is 30.2 Å². The third-order valence-corrected chi connectivity index (χ3v) is 27.3. The van der Waals surface area contributed by atoms with Gasteiger partial charge in [-0.3, -0.25) is 0 Å². The molecule has 11 rings (SSSR count). The Balaban J connectivity index is 1.10. The molecule has 0 unspecified atom stereocenters. The van der Waals surface area contributed by atoms with Crippen molar-refractivity contribution in [2.75, 3.05) is 30.2 Å². The molecule has 0 bridgehead atoms. The number of hydrogen-bond donors (Lipinski definition) is 2. The van der Waals surface area contributed by atoms with Crippen LogP contribution in [0.4, 0.5) is 47.1 Å². The highest BCUT2D eigenvalue weighted by Crippen LogP contribution is 2.53. The minimum Gasteiger partial charge on any atom is -0.334 e. The van der Waals surface area contributed by atoms with Gasteiger partial charge in [0.1, 0.15) is 0 Å². The predicted molar refractivity (Wildman–Crippen MR) is 432 cm³/mol. The molecular weight excluding hydrogens is 1420 g/mol. The van der Waals surface area contributed by atoms with E-state index in [-0.39, 0.29) is 60.2 Å². The highest BCUT2D eigenvalue weighted by Gasteiger charge is 2.60. The van der Waals surface area contributed by atoms with Crippen LogP contribution in [-0.2, 0) is 41.7 Å². The average molecular weight is 1560 g/mol. The first-order chi connectivity index (χ1) is 50.6. The molecule has 626 valence electrons. The van der Waals surface area contributed by atoms with Crippen molar-refractivity contribution in [3.8, 4) is 0 Å². The summed E-state index contributed by atoms with van der Waals surface area (Å²) in [6, 6.07) is 5.51. The number of hydrogen-bond acceptors (Lipinski definition) is 20. The molecule has 1 aromatic carbocycles. The van der Waals surface area contributed by atoms with Crippen LogP contribution in [0.3, 0.4) is 0 Å². The van der Waals surface area contributed by atoms with Gasteiger partial charge in [-0.05, 0) is 349 Å². The topological polar surface area (TPSA) is 299 Å². The fourth-order valence-corrected chi connectivity index (χ4v) is 23.9. The average Bonchev–Trinajstić information content (AvgIpc) is 0.741. The van der Waals surface area contributed by atoms with Gasteiger partial charge in [-0.2, -0.15) is 29.9 Å². The van der Waals surface area contributed by atoms with Crippen LogP contribution in [0.25, 0.3) is 0 Å². The number of nitrogens with one attached hydrogen (secondary N) is 2. The Bertz CT molecular complexity index is 3110. The zero-order valence-corrected chi connectivity index (χ0v) is 74.6. The Morgan fingerprint density at radius 3 is 0.429 bits per heavy atom. The first-order valence-electron chi connectivity index (χ1n) is 41.7. The Labute approximate surface area is 671 Å². The summed E-state index contributed by atoms with van der Waals surface area (Å²) in [6.07, 6.45) is 7.52. The summed E-state index contributed by atoms with van der Waals surface area (Å²) in [7, 11) is 0. The van der Waals surface area contributed by atoms with Crippen LogP contribution < -0.4 is 30.2 Å². The molecule has 28 heteroatoms. The number of nitrogens with zero attached hydrogens (tertiary/aromatic N) is 18. The summed E-state index contributed by atoms with van der Waals surface area (Å²) in [4.78, 5) is 42.9. The van der Waals surface area contributed by atoms with E-state index in [0.29, 0.717) is 138 Å². The molecule has 8 aliphatic heterocycles. The lowest BCUT2D eigenvalue weighted by molar-refractivity contribution is -0.294. The molecule has 0 spiro atoms. The zero-order chi connectivity index (χ0) is 84.0. The van der Waals surface area contributed by atoms with Gasteiger partial charge in [-0.25, -0.2) is 0 Å². The van der Waals surface area contributed by atoms with Gasteiger partial charge in [-0.1, -0.05) is 0 Å². The van der Waals surface area contributed by atoms with E-state index >= 15 is 0 Å². The second-order valence-corrected chi connectivity index (χ2v) is 45.8. The van der Waals surface area contributed by atoms with Crippen molar-refractivity contribution in [1.82, 2.24) is 70.4 Å². The van der Waals surface area contributed by atoms with Gasteiger partial charge in [0.05, 0.1) is 0 Å². The maximum Gasteiger partial charge on any atom is 0.233 e. The van der Waals surface area contributed by atoms with E-state index in [9.17, 15) is 41.7 Å². The van der Waals surface area contributed by atoms with Crippen molar-refractivity contribution >= 4 is 47.1 Å². The van der Waals surface area contributed by atoms with Gasteiger partial charge in [0.2, 0.25) is 35.7 Å². The minimum absolute atomic E-state index is 0.244. The van der Waals surface area contributed by atoms with Gasteiger partial charge in [0.25, 0.3) is 0 Å². The monoisotopic (exact) mass is 1560 g/mol. The van der Waals surface area contributed by atoms with Crippen LogP contribution in [0.2, 0.25) is 0 Å². The van der Waals surface area contributed by atoms with E-state index in [1.807, 2.05) is 246 Å². The molecule has 8 fully saturated rings. The Morgan fingerprint density at radius 1 is 0.214 bits per heavy atom. The van der Waals surface area contributed by atoms with Crippen LogP contribution >= 0.6 is 0 Å². The molecule has 112 heavy (non-hydrogen) atoms. The smallest absolute Gasteiger partial charge is 0.233 e. The fourth-order valence-electron chi connectivity index (χ4n) is 23.9. The molecule has 0 amide bonds. The molecule has 0 aliphatic carbocycles. The SMILES string of the molecule is CC1(C)CC(N(c2nc(Nc3ccc(Nc4nc(N(C5CC(C)(C)N([O])C(C)(C)C5)C5CC(C)(C)N([O])C(C)(C)C5)nc(N(C5CC(C)(C)N([O])C(C)(C)C5)C5CC(C)(C)N([O])C(C)(C)C5)n4)cc3)nc(N(C3CC(C)(C)N([O])C(C)(C)C3)C3CC(C)(C)N([O])C(C)(C)C3)n2)C2CC(C)(C)N([O])C(C)(C)C2)CC(C)(C)N1[O]. The maximum atomic E-state index is 14.4. The lowest BCUT2D eigenvalue weighted by atomic mass is 9.74. The molecule has 0 saturated carbocycles. The van der Waals surface area contributed by atoms with E-state index in [4.69, 9.17) is 29.9 Å². The highest BCUT2D eigenvalue weighted by molar-refractivity contribution is 5.64. The van der Waals surface area contributed by atoms with Crippen molar-refractivity contribution in [1.29, 1.82) is 0 Å².